The molecule has 1 aliphatic heterocycles. The Balaban J connectivity index is 1.60. The summed E-state index contributed by atoms with van der Waals surface area (Å²) in [7, 11) is 1.59. The van der Waals surface area contributed by atoms with E-state index < -0.39 is 47.1 Å². The second-order valence-electron chi connectivity index (χ2n) is 9.91. The molecule has 1 aliphatic rings. The summed E-state index contributed by atoms with van der Waals surface area (Å²) in [4.78, 5) is 29.4. The summed E-state index contributed by atoms with van der Waals surface area (Å²) in [5, 5.41) is 14.0. The van der Waals surface area contributed by atoms with Crippen LogP contribution in [0.3, 0.4) is 0 Å². The standard InChI is InChI=1S/C28H24F4N4O4/c1-26(25(33)38)14-40-23-18(26)12-21(35-22(23)15-7-9-17(29)10-8-15)27(39,28(30,31)32)13-34-24(37)20-11-16-5-3-4-6-19(16)36(20)2/h3-12,39H,13-14H2,1-2H3,(H2,33,38)(H,34,37)/t26-,27?/m0/s1. The molecule has 40 heavy (non-hydrogen) atoms. The molecule has 12 heteroatoms. The number of aromatic nitrogens is 2. The molecular formula is C28H24F4N4O4. The molecule has 2 atom stereocenters. The number of amides is 2. The number of para-hydroxylation sites is 1. The van der Waals surface area contributed by atoms with Crippen LogP contribution in [-0.4, -0.2) is 45.8 Å². The Kier molecular flexibility index (Phi) is 6.33. The number of benzene rings is 2. The molecule has 2 aromatic carbocycles. The number of ether oxygens (including phenoxy) is 1. The normalized spacial score (nSPS) is 18.2. The second kappa shape index (κ2) is 9.33. The quantitative estimate of drug-likeness (QED) is 0.313. The van der Waals surface area contributed by atoms with Crippen LogP contribution in [0.15, 0.2) is 60.7 Å². The first-order valence-corrected chi connectivity index (χ1v) is 12.1. The van der Waals surface area contributed by atoms with Gasteiger partial charge in [-0.25, -0.2) is 9.37 Å². The van der Waals surface area contributed by atoms with Crippen LogP contribution in [0.4, 0.5) is 17.6 Å². The van der Waals surface area contributed by atoms with Gasteiger partial charge in [-0.05, 0) is 49.4 Å². The van der Waals surface area contributed by atoms with E-state index in [0.717, 1.165) is 18.2 Å². The van der Waals surface area contributed by atoms with E-state index >= 15 is 0 Å². The van der Waals surface area contributed by atoms with Crippen molar-refractivity contribution in [1.82, 2.24) is 14.9 Å². The summed E-state index contributed by atoms with van der Waals surface area (Å²) in [6, 6.07) is 14.2. The van der Waals surface area contributed by atoms with Crippen LogP contribution in [0.2, 0.25) is 0 Å². The summed E-state index contributed by atoms with van der Waals surface area (Å²) in [5.41, 5.74) is 0.229. The molecule has 0 radical (unpaired) electrons. The van der Waals surface area contributed by atoms with Crippen molar-refractivity contribution in [3.8, 4) is 17.0 Å². The number of nitrogens with zero attached hydrogens (tertiary/aromatic N) is 2. The molecule has 2 amide bonds. The first kappa shape index (κ1) is 27.1. The van der Waals surface area contributed by atoms with Crippen LogP contribution in [0, 0.1) is 5.82 Å². The van der Waals surface area contributed by atoms with Crippen LogP contribution in [0.5, 0.6) is 5.75 Å². The Labute approximate surface area is 225 Å². The summed E-state index contributed by atoms with van der Waals surface area (Å²) in [5.74, 6) is -2.33. The van der Waals surface area contributed by atoms with Gasteiger partial charge >= 0.3 is 6.18 Å². The average Bonchev–Trinajstić information content (AvgIpc) is 3.44. The van der Waals surface area contributed by atoms with Gasteiger partial charge < -0.3 is 25.5 Å². The third-order valence-corrected chi connectivity index (χ3v) is 7.32. The second-order valence-corrected chi connectivity index (χ2v) is 9.91. The first-order valence-electron chi connectivity index (χ1n) is 12.1. The monoisotopic (exact) mass is 556 g/mol. The zero-order valence-corrected chi connectivity index (χ0v) is 21.3. The van der Waals surface area contributed by atoms with E-state index in [4.69, 9.17) is 10.5 Å². The molecule has 2 aromatic heterocycles. The topological polar surface area (TPSA) is 119 Å². The van der Waals surface area contributed by atoms with Crippen LogP contribution in [-0.2, 0) is 22.9 Å². The number of alkyl halides is 3. The number of nitrogens with two attached hydrogens (primary N) is 1. The number of carbonyl (C=O) groups is 2. The van der Waals surface area contributed by atoms with Crippen molar-refractivity contribution < 1.29 is 37.0 Å². The number of aliphatic hydroxyl groups is 1. The van der Waals surface area contributed by atoms with Crippen molar-refractivity contribution >= 4 is 22.7 Å². The van der Waals surface area contributed by atoms with Gasteiger partial charge in [-0.1, -0.05) is 18.2 Å². The number of halogens is 4. The lowest BCUT2D eigenvalue weighted by Gasteiger charge is -2.31. The minimum absolute atomic E-state index is 0.0132. The fraction of sp³-hybridized carbons (Fsp3) is 0.250. The van der Waals surface area contributed by atoms with Crippen LogP contribution in [0.1, 0.15) is 28.7 Å². The SMILES string of the molecule is Cn1c(C(=O)NCC(O)(c2cc3c(c(-c4ccc(F)cc4)n2)OC[C@]3(C)C(N)=O)C(F)(F)F)cc2ccccc21. The molecule has 0 aliphatic carbocycles. The Hall–Kier alpha value is -4.45. The maximum absolute atomic E-state index is 14.6. The fourth-order valence-corrected chi connectivity index (χ4v) is 4.74. The van der Waals surface area contributed by atoms with Crippen molar-refractivity contribution in [2.24, 2.45) is 12.8 Å². The van der Waals surface area contributed by atoms with E-state index in [-0.39, 0.29) is 34.9 Å². The van der Waals surface area contributed by atoms with E-state index in [1.54, 1.807) is 31.3 Å². The highest BCUT2D eigenvalue weighted by atomic mass is 19.4. The minimum Gasteiger partial charge on any atom is -0.489 e. The number of primary amides is 1. The van der Waals surface area contributed by atoms with Gasteiger partial charge in [0.2, 0.25) is 11.5 Å². The lowest BCUT2D eigenvalue weighted by molar-refractivity contribution is -0.265. The fourth-order valence-electron chi connectivity index (χ4n) is 4.74. The minimum atomic E-state index is -5.32. The van der Waals surface area contributed by atoms with Gasteiger partial charge in [0.1, 0.15) is 35.0 Å². The largest absolute Gasteiger partial charge is 0.489 e. The predicted octanol–water partition coefficient (Wildman–Crippen LogP) is 3.69. The van der Waals surface area contributed by atoms with Gasteiger partial charge in [0.15, 0.2) is 0 Å². The van der Waals surface area contributed by atoms with E-state index in [1.807, 2.05) is 0 Å². The van der Waals surface area contributed by atoms with E-state index in [1.165, 1.54) is 29.7 Å². The number of carbonyl (C=O) groups excluding carboxylic acids is 2. The van der Waals surface area contributed by atoms with Crippen molar-refractivity contribution in [3.05, 3.63) is 83.4 Å². The van der Waals surface area contributed by atoms with Gasteiger partial charge in [-0.2, -0.15) is 13.2 Å². The smallest absolute Gasteiger partial charge is 0.424 e. The van der Waals surface area contributed by atoms with Gasteiger partial charge in [0.05, 0.1) is 12.2 Å². The molecule has 0 saturated carbocycles. The molecule has 0 fully saturated rings. The zero-order chi connectivity index (χ0) is 29.0. The van der Waals surface area contributed by atoms with Gasteiger partial charge in [-0.3, -0.25) is 9.59 Å². The highest BCUT2D eigenvalue weighted by Gasteiger charge is 2.57. The number of aryl methyl sites for hydroxylation is 1. The Morgan fingerprint density at radius 1 is 1.15 bits per heavy atom. The molecule has 4 aromatic rings. The molecule has 8 nitrogen and oxygen atoms in total. The van der Waals surface area contributed by atoms with E-state index in [9.17, 15) is 32.3 Å². The summed E-state index contributed by atoms with van der Waals surface area (Å²) in [6.07, 6.45) is -5.32. The van der Waals surface area contributed by atoms with Crippen molar-refractivity contribution in [1.29, 1.82) is 0 Å². The molecule has 5 rings (SSSR count). The Morgan fingerprint density at radius 2 is 1.82 bits per heavy atom. The van der Waals surface area contributed by atoms with Crippen LogP contribution < -0.4 is 15.8 Å². The van der Waals surface area contributed by atoms with Gasteiger partial charge in [0, 0.05) is 29.1 Å². The number of nitrogens with one attached hydrogen (secondary N) is 1. The molecule has 0 bridgehead atoms. The predicted molar refractivity (Wildman–Crippen MR) is 137 cm³/mol. The number of rotatable bonds is 6. The van der Waals surface area contributed by atoms with Crippen LogP contribution >= 0.6 is 0 Å². The van der Waals surface area contributed by atoms with Crippen molar-refractivity contribution in [3.63, 3.8) is 0 Å². The molecule has 0 saturated heterocycles. The van der Waals surface area contributed by atoms with E-state index in [0.29, 0.717) is 10.9 Å². The number of hydrogen-bond acceptors (Lipinski definition) is 5. The van der Waals surface area contributed by atoms with Crippen LogP contribution in [0.25, 0.3) is 22.2 Å². The molecule has 4 N–H and O–H groups in total. The summed E-state index contributed by atoms with van der Waals surface area (Å²) >= 11 is 0. The molecule has 1 unspecified atom stereocenters. The molecular weight excluding hydrogens is 532 g/mol. The lowest BCUT2D eigenvalue weighted by Crippen LogP contribution is -2.52. The van der Waals surface area contributed by atoms with Gasteiger partial charge in [0.25, 0.3) is 5.91 Å². The molecule has 3 heterocycles. The van der Waals surface area contributed by atoms with Gasteiger partial charge in [-0.15, -0.1) is 0 Å². The first-order chi connectivity index (χ1) is 18.8. The maximum Gasteiger partial charge on any atom is 0.424 e. The summed E-state index contributed by atoms with van der Waals surface area (Å²) in [6.45, 7) is -0.174. The molecule has 0 spiro atoms. The summed E-state index contributed by atoms with van der Waals surface area (Å²) < 4.78 is 64.5. The number of hydrogen-bond donors (Lipinski definition) is 3. The van der Waals surface area contributed by atoms with E-state index in [2.05, 4.69) is 10.3 Å². The van der Waals surface area contributed by atoms with Crippen molar-refractivity contribution in [2.45, 2.75) is 24.1 Å². The van der Waals surface area contributed by atoms with Crippen molar-refractivity contribution in [2.75, 3.05) is 13.2 Å². The highest BCUT2D eigenvalue weighted by Crippen LogP contribution is 2.47. The lowest BCUT2D eigenvalue weighted by atomic mass is 9.81. The third kappa shape index (κ3) is 4.24. The number of pyridine rings is 1. The zero-order valence-electron chi connectivity index (χ0n) is 21.3. The number of fused-ring (bicyclic) bond motifs is 2. The molecule has 208 valence electrons. The average molecular weight is 557 g/mol. The highest BCUT2D eigenvalue weighted by molar-refractivity contribution is 5.98. The Morgan fingerprint density at radius 3 is 2.45 bits per heavy atom. The third-order valence-electron chi connectivity index (χ3n) is 7.32. The Bertz CT molecular complexity index is 1650. The maximum atomic E-state index is 14.6.